The lowest BCUT2D eigenvalue weighted by Gasteiger charge is -2.38. The molecule has 10 nitrogen and oxygen atoms in total. The number of carbonyl (C=O) groups is 2. The van der Waals surface area contributed by atoms with Gasteiger partial charge in [0.25, 0.3) is 11.9 Å². The second-order valence-corrected chi connectivity index (χ2v) is 9.48. The van der Waals surface area contributed by atoms with Crippen molar-refractivity contribution in [2.24, 2.45) is 0 Å². The van der Waals surface area contributed by atoms with Gasteiger partial charge in [0.15, 0.2) is 5.58 Å². The fourth-order valence-electron chi connectivity index (χ4n) is 5.12. The molecular weight excluding hydrogens is 446 g/mol. The number of fused-ring (bicyclic) bond motifs is 3. The van der Waals surface area contributed by atoms with Crippen molar-refractivity contribution in [1.82, 2.24) is 19.8 Å². The van der Waals surface area contributed by atoms with E-state index in [1.165, 1.54) is 11.3 Å². The third-order valence-electron chi connectivity index (χ3n) is 6.66. The highest BCUT2D eigenvalue weighted by Gasteiger charge is 2.43. The second kappa shape index (κ2) is 7.99. The second-order valence-electron chi connectivity index (χ2n) is 8.59. The molecule has 3 fully saturated rings. The molecule has 3 aliphatic rings. The summed E-state index contributed by atoms with van der Waals surface area (Å²) in [5, 5.41) is 12.2. The van der Waals surface area contributed by atoms with Gasteiger partial charge in [0, 0.05) is 43.3 Å². The molecule has 2 bridgehead atoms. The van der Waals surface area contributed by atoms with Gasteiger partial charge in [-0.25, -0.2) is 9.78 Å². The number of oxazole rings is 1. The Kier molecular flexibility index (Phi) is 4.95. The van der Waals surface area contributed by atoms with Crippen molar-refractivity contribution < 1.29 is 23.8 Å². The molecule has 3 saturated heterocycles. The van der Waals surface area contributed by atoms with Crippen LogP contribution < -0.4 is 4.90 Å². The van der Waals surface area contributed by atoms with E-state index < -0.39 is 6.09 Å². The van der Waals surface area contributed by atoms with E-state index in [2.05, 4.69) is 4.98 Å². The number of benzene rings is 1. The minimum atomic E-state index is -0.864. The molecule has 1 N–H and O–H groups in total. The summed E-state index contributed by atoms with van der Waals surface area (Å²) in [5.74, 6) is -0.0596. The van der Waals surface area contributed by atoms with Crippen molar-refractivity contribution in [1.29, 1.82) is 0 Å². The SMILES string of the molecule is O=C(c1cc(-c2nccs2)c2oc(N3CC4CCC(C3)N4C(=O)O)nc2c1)N1CCOCC1. The number of rotatable bonds is 3. The van der Waals surface area contributed by atoms with Crippen LogP contribution in [0.25, 0.3) is 21.7 Å². The summed E-state index contributed by atoms with van der Waals surface area (Å²) < 4.78 is 11.6. The fraction of sp³-hybridized carbons (Fsp3) is 0.455. The number of hydrogen-bond acceptors (Lipinski definition) is 8. The molecule has 11 heteroatoms. The fourth-order valence-corrected chi connectivity index (χ4v) is 5.77. The van der Waals surface area contributed by atoms with E-state index in [9.17, 15) is 14.7 Å². The van der Waals surface area contributed by atoms with Crippen LogP contribution in [0.2, 0.25) is 0 Å². The zero-order valence-corrected chi connectivity index (χ0v) is 18.7. The number of anilines is 1. The van der Waals surface area contributed by atoms with Crippen molar-refractivity contribution in [3.63, 3.8) is 0 Å². The van der Waals surface area contributed by atoms with Crippen LogP contribution in [-0.4, -0.2) is 88.4 Å². The van der Waals surface area contributed by atoms with Crippen LogP contribution in [-0.2, 0) is 4.74 Å². The minimum absolute atomic E-state index is 0.0596. The molecule has 0 radical (unpaired) electrons. The number of carbonyl (C=O) groups excluding carboxylic acids is 1. The van der Waals surface area contributed by atoms with Gasteiger partial charge in [-0.2, -0.15) is 4.98 Å². The maximum atomic E-state index is 13.2. The van der Waals surface area contributed by atoms with Crippen molar-refractivity contribution in [3.05, 3.63) is 29.3 Å². The number of aromatic nitrogens is 2. The van der Waals surface area contributed by atoms with Crippen LogP contribution in [0.4, 0.5) is 10.8 Å². The monoisotopic (exact) mass is 469 g/mol. The van der Waals surface area contributed by atoms with E-state index in [4.69, 9.17) is 14.1 Å². The maximum Gasteiger partial charge on any atom is 0.407 e. The Morgan fingerprint density at radius 3 is 2.55 bits per heavy atom. The predicted molar refractivity (Wildman–Crippen MR) is 121 cm³/mol. The lowest BCUT2D eigenvalue weighted by atomic mass is 10.1. The van der Waals surface area contributed by atoms with Crippen molar-refractivity contribution in [3.8, 4) is 10.6 Å². The molecule has 2 atom stereocenters. The number of ether oxygens (including phenoxy) is 1. The van der Waals surface area contributed by atoms with Gasteiger partial charge < -0.3 is 24.1 Å². The highest BCUT2D eigenvalue weighted by atomic mass is 32.1. The first-order valence-electron chi connectivity index (χ1n) is 11.1. The summed E-state index contributed by atoms with van der Waals surface area (Å²) in [6.07, 6.45) is 2.55. The van der Waals surface area contributed by atoms with E-state index >= 15 is 0 Å². The first-order valence-corrected chi connectivity index (χ1v) is 11.9. The Morgan fingerprint density at radius 1 is 1.12 bits per heavy atom. The zero-order chi connectivity index (χ0) is 22.5. The van der Waals surface area contributed by atoms with Crippen LogP contribution in [0.15, 0.2) is 28.1 Å². The molecule has 2 unspecified atom stereocenters. The Labute approximate surface area is 193 Å². The van der Waals surface area contributed by atoms with E-state index in [0.29, 0.717) is 62.1 Å². The van der Waals surface area contributed by atoms with Gasteiger partial charge in [0.05, 0.1) is 30.9 Å². The highest BCUT2D eigenvalue weighted by molar-refractivity contribution is 7.13. The van der Waals surface area contributed by atoms with Gasteiger partial charge in [0.2, 0.25) is 0 Å². The molecule has 3 aliphatic heterocycles. The molecule has 0 aliphatic carbocycles. The van der Waals surface area contributed by atoms with E-state index in [1.54, 1.807) is 22.1 Å². The summed E-state index contributed by atoms with van der Waals surface area (Å²) >= 11 is 1.48. The number of thiazole rings is 1. The smallest absolute Gasteiger partial charge is 0.407 e. The van der Waals surface area contributed by atoms with Gasteiger partial charge in [-0.3, -0.25) is 9.69 Å². The van der Waals surface area contributed by atoms with Gasteiger partial charge in [0.1, 0.15) is 10.5 Å². The van der Waals surface area contributed by atoms with Gasteiger partial charge in [-0.15, -0.1) is 11.3 Å². The Balaban J connectivity index is 1.38. The normalized spacial score (nSPS) is 22.8. The van der Waals surface area contributed by atoms with Crippen molar-refractivity contribution in [2.45, 2.75) is 24.9 Å². The summed E-state index contributed by atoms with van der Waals surface area (Å²) in [6, 6.07) is 3.95. The first-order chi connectivity index (χ1) is 16.1. The number of amides is 2. The van der Waals surface area contributed by atoms with Crippen LogP contribution in [0, 0.1) is 0 Å². The Hall–Kier alpha value is -3.18. The summed E-state index contributed by atoms with van der Waals surface area (Å²) in [4.78, 5) is 39.4. The zero-order valence-electron chi connectivity index (χ0n) is 17.8. The van der Waals surface area contributed by atoms with Crippen LogP contribution in [0.5, 0.6) is 0 Å². The van der Waals surface area contributed by atoms with Crippen molar-refractivity contribution >= 4 is 40.5 Å². The molecule has 2 amide bonds. The Bertz CT molecular complexity index is 1190. The number of hydrogen-bond donors (Lipinski definition) is 1. The summed E-state index contributed by atoms with van der Waals surface area (Å²) in [7, 11) is 0. The maximum absolute atomic E-state index is 13.2. The molecule has 0 spiro atoms. The summed E-state index contributed by atoms with van der Waals surface area (Å²) in [5.41, 5.74) is 2.48. The molecule has 6 rings (SSSR count). The average Bonchev–Trinajstić information content (AvgIpc) is 3.56. The minimum Gasteiger partial charge on any atom is -0.465 e. The Morgan fingerprint density at radius 2 is 1.88 bits per heavy atom. The topological polar surface area (TPSA) is 112 Å². The molecule has 33 heavy (non-hydrogen) atoms. The largest absolute Gasteiger partial charge is 0.465 e. The number of piperazine rings is 1. The molecule has 172 valence electrons. The number of morpholine rings is 1. The molecule has 5 heterocycles. The molecule has 2 aromatic heterocycles. The summed E-state index contributed by atoms with van der Waals surface area (Å²) in [6.45, 7) is 3.27. The predicted octanol–water partition coefficient (Wildman–Crippen LogP) is 2.75. The number of nitrogens with zero attached hydrogens (tertiary/aromatic N) is 5. The molecule has 1 aromatic carbocycles. The van der Waals surface area contributed by atoms with E-state index in [-0.39, 0.29) is 18.0 Å². The highest BCUT2D eigenvalue weighted by Crippen LogP contribution is 2.37. The quantitative estimate of drug-likeness (QED) is 0.623. The van der Waals surface area contributed by atoms with E-state index in [1.807, 2.05) is 16.3 Å². The number of carboxylic acid groups (broad SMARTS) is 1. The third kappa shape index (κ3) is 3.51. The van der Waals surface area contributed by atoms with Crippen LogP contribution in [0.1, 0.15) is 23.2 Å². The van der Waals surface area contributed by atoms with E-state index in [0.717, 1.165) is 23.4 Å². The third-order valence-corrected chi connectivity index (χ3v) is 7.47. The molecule has 0 saturated carbocycles. The molecule has 3 aromatic rings. The van der Waals surface area contributed by atoms with Gasteiger partial charge in [-0.05, 0) is 25.0 Å². The van der Waals surface area contributed by atoms with Gasteiger partial charge >= 0.3 is 6.09 Å². The van der Waals surface area contributed by atoms with Crippen LogP contribution in [0.3, 0.4) is 0 Å². The van der Waals surface area contributed by atoms with Gasteiger partial charge in [-0.1, -0.05) is 0 Å². The lowest BCUT2D eigenvalue weighted by molar-refractivity contribution is 0.0303. The lowest BCUT2D eigenvalue weighted by Crippen LogP contribution is -2.55. The standard InChI is InChI=1S/C22H23N5O5S/c28-20(25-4-6-31-7-5-25)13-9-16(19-23-3-8-33-19)18-17(10-13)24-21(32-18)26-11-14-1-2-15(12-26)27(14)22(29)30/h3,8-10,14-15H,1-2,4-7,11-12H2,(H,29,30). The average molecular weight is 470 g/mol. The van der Waals surface area contributed by atoms with Crippen LogP contribution >= 0.6 is 11.3 Å². The first kappa shape index (κ1) is 20.4. The van der Waals surface area contributed by atoms with Crippen molar-refractivity contribution in [2.75, 3.05) is 44.3 Å². The molecular formula is C22H23N5O5S.